The number of hydrogen-bond acceptors (Lipinski definition) is 4. The molecule has 1 aromatic carbocycles. The number of rotatable bonds is 4. The van der Waals surface area contributed by atoms with Gasteiger partial charge in [0.05, 0.1) is 0 Å². The topological polar surface area (TPSA) is 29.0 Å². The van der Waals surface area contributed by atoms with Crippen LogP contribution in [0.3, 0.4) is 0 Å². The van der Waals surface area contributed by atoms with E-state index >= 15 is 0 Å². The zero-order valence-corrected chi connectivity index (χ0v) is 12.5. The van der Waals surface area contributed by atoms with E-state index in [1.165, 1.54) is 18.4 Å². The molecule has 1 unspecified atom stereocenters. The van der Waals surface area contributed by atoms with Gasteiger partial charge in [-0.05, 0) is 43.2 Å². The summed E-state index contributed by atoms with van der Waals surface area (Å²) in [7, 11) is 0. The zero-order chi connectivity index (χ0) is 13.8. The maximum atomic E-state index is 4.38. The Kier molecular flexibility index (Phi) is 4.21. The van der Waals surface area contributed by atoms with Gasteiger partial charge in [0.1, 0.15) is 5.03 Å². The highest BCUT2D eigenvalue weighted by molar-refractivity contribution is 7.98. The summed E-state index contributed by atoms with van der Waals surface area (Å²) in [4.78, 5) is 2.41. The summed E-state index contributed by atoms with van der Waals surface area (Å²) in [5.74, 6) is 1.02. The average Bonchev–Trinajstić information content (AvgIpc) is 2.96. The van der Waals surface area contributed by atoms with Crippen LogP contribution in [0.25, 0.3) is 0 Å². The predicted octanol–water partition coefficient (Wildman–Crippen LogP) is 3.41. The number of anilines is 1. The van der Waals surface area contributed by atoms with Crippen molar-refractivity contribution in [3.05, 3.63) is 48.0 Å². The quantitative estimate of drug-likeness (QED) is 0.805. The Bertz CT molecular complexity index is 541. The lowest BCUT2D eigenvalue weighted by Crippen LogP contribution is -2.31. The van der Waals surface area contributed by atoms with Gasteiger partial charge >= 0.3 is 0 Å². The molecule has 0 radical (unpaired) electrons. The molecule has 0 N–H and O–H groups in total. The van der Waals surface area contributed by atoms with Crippen molar-refractivity contribution in [2.75, 3.05) is 17.7 Å². The van der Waals surface area contributed by atoms with Crippen LogP contribution in [0.2, 0.25) is 0 Å². The van der Waals surface area contributed by atoms with E-state index in [0.29, 0.717) is 6.04 Å². The van der Waals surface area contributed by atoms with E-state index in [2.05, 4.69) is 57.6 Å². The Balaban J connectivity index is 1.74. The highest BCUT2D eigenvalue weighted by Gasteiger charge is 2.25. The fourth-order valence-electron chi connectivity index (χ4n) is 2.81. The van der Waals surface area contributed by atoms with Gasteiger partial charge in [-0.3, -0.25) is 0 Å². The van der Waals surface area contributed by atoms with Crippen LogP contribution in [0, 0.1) is 0 Å². The molecule has 0 amide bonds. The molecule has 1 aliphatic rings. The molecular formula is C16H19N3S. The summed E-state index contributed by atoms with van der Waals surface area (Å²) in [6.45, 7) is 1.09. The van der Waals surface area contributed by atoms with E-state index in [0.717, 1.165) is 23.8 Å². The summed E-state index contributed by atoms with van der Waals surface area (Å²) in [6.07, 6.45) is 5.59. The van der Waals surface area contributed by atoms with Crippen LogP contribution in [-0.2, 0) is 6.42 Å². The number of aromatic nitrogens is 2. The maximum Gasteiger partial charge on any atom is 0.151 e. The Hall–Kier alpha value is -1.55. The first-order chi connectivity index (χ1) is 9.86. The minimum atomic E-state index is 0.548. The molecule has 0 saturated carbocycles. The zero-order valence-electron chi connectivity index (χ0n) is 11.7. The van der Waals surface area contributed by atoms with Gasteiger partial charge in [0.15, 0.2) is 5.82 Å². The third kappa shape index (κ3) is 2.96. The molecule has 1 fully saturated rings. The summed E-state index contributed by atoms with van der Waals surface area (Å²) >= 11 is 1.63. The third-order valence-electron chi connectivity index (χ3n) is 3.82. The second-order valence-corrected chi connectivity index (χ2v) is 5.94. The van der Waals surface area contributed by atoms with Crippen LogP contribution in [0.5, 0.6) is 0 Å². The fraction of sp³-hybridized carbons (Fsp3) is 0.375. The van der Waals surface area contributed by atoms with E-state index in [4.69, 9.17) is 0 Å². The molecule has 1 aliphatic heterocycles. The summed E-state index contributed by atoms with van der Waals surface area (Å²) in [5.41, 5.74) is 1.40. The Morgan fingerprint density at radius 2 is 2.00 bits per heavy atom. The molecule has 3 nitrogen and oxygen atoms in total. The number of thioether (sulfide) groups is 1. The lowest BCUT2D eigenvalue weighted by atomic mass is 10.0. The molecule has 2 heterocycles. The highest BCUT2D eigenvalue weighted by Crippen LogP contribution is 2.26. The van der Waals surface area contributed by atoms with E-state index < -0.39 is 0 Å². The van der Waals surface area contributed by atoms with Gasteiger partial charge in [-0.2, -0.15) is 0 Å². The van der Waals surface area contributed by atoms with Crippen molar-refractivity contribution in [3.8, 4) is 0 Å². The first-order valence-corrected chi connectivity index (χ1v) is 8.27. The minimum Gasteiger partial charge on any atom is -0.352 e. The van der Waals surface area contributed by atoms with Gasteiger partial charge in [0.2, 0.25) is 0 Å². The average molecular weight is 285 g/mol. The molecule has 3 rings (SSSR count). The Morgan fingerprint density at radius 1 is 1.15 bits per heavy atom. The predicted molar refractivity (Wildman–Crippen MR) is 84.3 cm³/mol. The molecule has 1 atom stereocenters. The van der Waals surface area contributed by atoms with Crippen LogP contribution >= 0.6 is 11.8 Å². The fourth-order valence-corrected chi connectivity index (χ4v) is 3.14. The Morgan fingerprint density at radius 3 is 2.70 bits per heavy atom. The summed E-state index contributed by atoms with van der Waals surface area (Å²) in [5, 5.41) is 9.61. The lowest BCUT2D eigenvalue weighted by Gasteiger charge is -2.25. The first kappa shape index (κ1) is 13.4. The molecule has 104 valence electrons. The van der Waals surface area contributed by atoms with E-state index in [1.807, 2.05) is 6.26 Å². The van der Waals surface area contributed by atoms with Gasteiger partial charge in [0.25, 0.3) is 0 Å². The lowest BCUT2D eigenvalue weighted by molar-refractivity contribution is 0.652. The molecule has 2 aromatic rings. The number of benzene rings is 1. The summed E-state index contributed by atoms with van der Waals surface area (Å²) < 4.78 is 0. The number of nitrogens with zero attached hydrogens (tertiary/aromatic N) is 3. The van der Waals surface area contributed by atoms with Crippen LogP contribution in [0.1, 0.15) is 18.4 Å². The van der Waals surface area contributed by atoms with E-state index in [1.54, 1.807) is 11.8 Å². The molecule has 0 bridgehead atoms. The van der Waals surface area contributed by atoms with Gasteiger partial charge < -0.3 is 4.90 Å². The standard InChI is InChI=1S/C16H19N3S/c1-20-16-10-9-15(17-18-16)19-11-5-8-14(19)12-13-6-3-2-4-7-13/h2-4,6-7,9-10,14H,5,8,11-12H2,1H3. The highest BCUT2D eigenvalue weighted by atomic mass is 32.2. The molecular weight excluding hydrogens is 266 g/mol. The molecule has 1 aromatic heterocycles. The van der Waals surface area contributed by atoms with Crippen LogP contribution in [-0.4, -0.2) is 29.0 Å². The minimum absolute atomic E-state index is 0.548. The van der Waals surface area contributed by atoms with Crippen molar-refractivity contribution in [3.63, 3.8) is 0 Å². The van der Waals surface area contributed by atoms with Crippen molar-refractivity contribution < 1.29 is 0 Å². The molecule has 20 heavy (non-hydrogen) atoms. The van der Waals surface area contributed by atoms with Crippen LogP contribution in [0.15, 0.2) is 47.5 Å². The van der Waals surface area contributed by atoms with Gasteiger partial charge in [0, 0.05) is 12.6 Å². The van der Waals surface area contributed by atoms with Crippen molar-refractivity contribution in [2.45, 2.75) is 30.3 Å². The second kappa shape index (κ2) is 6.27. The summed E-state index contributed by atoms with van der Waals surface area (Å²) in [6, 6.07) is 15.4. The van der Waals surface area contributed by atoms with Crippen molar-refractivity contribution in [2.24, 2.45) is 0 Å². The monoisotopic (exact) mass is 285 g/mol. The van der Waals surface area contributed by atoms with Gasteiger partial charge in [-0.1, -0.05) is 30.3 Å². The largest absolute Gasteiger partial charge is 0.352 e. The smallest absolute Gasteiger partial charge is 0.151 e. The van der Waals surface area contributed by atoms with E-state index in [-0.39, 0.29) is 0 Å². The normalized spacial score (nSPS) is 18.4. The van der Waals surface area contributed by atoms with Crippen molar-refractivity contribution >= 4 is 17.6 Å². The van der Waals surface area contributed by atoms with Crippen molar-refractivity contribution in [1.29, 1.82) is 0 Å². The molecule has 4 heteroatoms. The number of hydrogen-bond donors (Lipinski definition) is 0. The SMILES string of the molecule is CSc1ccc(N2CCCC2Cc2ccccc2)nn1. The molecule has 1 saturated heterocycles. The molecule has 0 aliphatic carbocycles. The second-order valence-electron chi connectivity index (χ2n) is 5.11. The van der Waals surface area contributed by atoms with E-state index in [9.17, 15) is 0 Å². The maximum absolute atomic E-state index is 4.38. The van der Waals surface area contributed by atoms with Gasteiger partial charge in [-0.15, -0.1) is 22.0 Å². The van der Waals surface area contributed by atoms with Crippen molar-refractivity contribution in [1.82, 2.24) is 10.2 Å². The Labute approximate surface area is 124 Å². The third-order valence-corrected chi connectivity index (χ3v) is 4.46. The van der Waals surface area contributed by atoms with Gasteiger partial charge in [-0.25, -0.2) is 0 Å². The van der Waals surface area contributed by atoms with Crippen LogP contribution in [0.4, 0.5) is 5.82 Å². The first-order valence-electron chi connectivity index (χ1n) is 7.05. The van der Waals surface area contributed by atoms with Crippen LogP contribution < -0.4 is 4.90 Å². The molecule has 0 spiro atoms.